The average Bonchev–Trinajstić information content (AvgIpc) is 3.55. The van der Waals surface area contributed by atoms with E-state index in [-0.39, 0.29) is 35.6 Å². The van der Waals surface area contributed by atoms with Crippen LogP contribution in [0.2, 0.25) is 9.26 Å². The largest absolute Gasteiger partial charge is 0.147 e. The Kier molecular flexibility index (Phi) is 9.52. The molecule has 6 rings (SSSR count). The first kappa shape index (κ1) is 34.9. The predicted octanol–water partition coefficient (Wildman–Crippen LogP) is 11.9. The molecule has 0 bridgehead atoms. The Balaban J connectivity index is 0.00000221. The first-order valence-electron chi connectivity index (χ1n) is 15.5. The molecule has 0 saturated carbocycles. The van der Waals surface area contributed by atoms with E-state index in [1.165, 1.54) is 33.4 Å². The maximum Gasteiger partial charge on any atom is -0.147 e. The molecule has 0 amide bonds. The van der Waals surface area contributed by atoms with Crippen molar-refractivity contribution in [3.63, 3.8) is 0 Å². The Labute approximate surface area is 280 Å². The van der Waals surface area contributed by atoms with E-state index in [4.69, 9.17) is 0 Å². The zero-order chi connectivity index (χ0) is 30.1. The van der Waals surface area contributed by atoms with E-state index in [1.807, 2.05) is 0 Å². The molecular formula is C40H48Cl2SiZr. The molecule has 0 spiro atoms. The van der Waals surface area contributed by atoms with Gasteiger partial charge in [0.1, 0.15) is 0 Å². The fraction of sp³-hybridized carbons (Fsp3) is 0.300. The van der Waals surface area contributed by atoms with Gasteiger partial charge in [-0.25, -0.2) is 0 Å². The molecule has 2 aliphatic carbocycles. The van der Waals surface area contributed by atoms with Crippen LogP contribution in [0.5, 0.6) is 0 Å². The molecule has 2 atom stereocenters. The van der Waals surface area contributed by atoms with Crippen LogP contribution < -0.4 is 0 Å². The van der Waals surface area contributed by atoms with E-state index >= 15 is 0 Å². The molecule has 4 heteroatoms. The van der Waals surface area contributed by atoms with Gasteiger partial charge in [0.15, 0.2) is 0 Å². The zero-order valence-corrected chi connectivity index (χ0v) is 33.1. The molecule has 0 saturated heterocycles. The summed E-state index contributed by atoms with van der Waals surface area (Å²) in [6, 6.07) is 36.2. The van der Waals surface area contributed by atoms with Crippen LogP contribution in [-0.4, -0.2) is 6.88 Å². The van der Waals surface area contributed by atoms with Gasteiger partial charge in [-0.1, -0.05) is 0 Å². The summed E-state index contributed by atoms with van der Waals surface area (Å²) in [4.78, 5) is 0. The van der Waals surface area contributed by atoms with Gasteiger partial charge in [0, 0.05) is 0 Å². The molecule has 0 fully saturated rings. The standard InChI is InChI=1S/2C19H19.2CH3.2ClH.H2Si.Zr/c2*1-19(2,3)16-12-15-10-7-11-17(18(15)13-16)14-8-5-4-6-9-14;;;;;;/h2*4-13H,1-3H3;2*1H3;2*1H;1H2;. The van der Waals surface area contributed by atoms with Crippen molar-refractivity contribution in [1.82, 2.24) is 0 Å². The Hall–Kier alpha value is -1.96. The fourth-order valence-corrected chi connectivity index (χ4v) is 27.9. The molecule has 2 aliphatic rings. The van der Waals surface area contributed by atoms with Crippen molar-refractivity contribution in [2.45, 2.75) is 58.1 Å². The number of fused-ring (bicyclic) bond motifs is 2. The summed E-state index contributed by atoms with van der Waals surface area (Å²) in [6.45, 7) is 17.1. The summed E-state index contributed by atoms with van der Waals surface area (Å²) in [7, 11) is 0. The number of hydrogen-bond acceptors (Lipinski definition) is 0. The summed E-state index contributed by atoms with van der Waals surface area (Å²) in [5.41, 5.74) is 14.8. The van der Waals surface area contributed by atoms with Gasteiger partial charge in [0.25, 0.3) is 0 Å². The molecule has 230 valence electrons. The maximum absolute atomic E-state index is 3.79. The normalized spacial score (nSPS) is 17.9. The van der Waals surface area contributed by atoms with E-state index in [1.54, 1.807) is 22.3 Å². The minimum Gasteiger partial charge on any atom is -0.147 e. The second-order valence-electron chi connectivity index (χ2n) is 15.9. The van der Waals surface area contributed by atoms with E-state index in [9.17, 15) is 0 Å². The summed E-state index contributed by atoms with van der Waals surface area (Å²) in [6.07, 6.45) is 5.21. The number of benzene rings is 4. The molecular weight excluding hydrogens is 671 g/mol. The molecule has 0 N–H and O–H groups in total. The number of allylic oxidation sites excluding steroid dienone is 2. The number of halogens is 2. The summed E-state index contributed by atoms with van der Waals surface area (Å²) in [5, 5.41) is 0. The Morgan fingerprint density at radius 1 is 0.500 bits per heavy atom. The van der Waals surface area contributed by atoms with Crippen LogP contribution in [-0.2, 0) is 17.4 Å². The van der Waals surface area contributed by atoms with E-state index in [2.05, 4.69) is 167 Å². The third-order valence-corrected chi connectivity index (χ3v) is 27.1. The van der Waals surface area contributed by atoms with Crippen LogP contribution in [0.3, 0.4) is 0 Å². The Morgan fingerprint density at radius 2 is 0.841 bits per heavy atom. The summed E-state index contributed by atoms with van der Waals surface area (Å²) in [5.74, 6) is 0. The molecule has 0 aromatic heterocycles. The zero-order valence-electron chi connectivity index (χ0n) is 27.6. The van der Waals surface area contributed by atoms with Crippen molar-refractivity contribution in [2.75, 3.05) is 0 Å². The van der Waals surface area contributed by atoms with Crippen molar-refractivity contribution >= 4 is 43.8 Å². The Bertz CT molecular complexity index is 1680. The predicted molar refractivity (Wildman–Crippen MR) is 199 cm³/mol. The molecule has 2 unspecified atom stereocenters. The van der Waals surface area contributed by atoms with Gasteiger partial charge in [-0.15, -0.1) is 24.8 Å². The number of hydrogen-bond donors (Lipinski definition) is 0. The van der Waals surface area contributed by atoms with Crippen molar-refractivity contribution in [1.29, 1.82) is 0 Å². The second-order valence-corrected chi connectivity index (χ2v) is 46.3. The quantitative estimate of drug-likeness (QED) is 0.184. The van der Waals surface area contributed by atoms with Crippen molar-refractivity contribution in [3.8, 4) is 22.3 Å². The fourth-order valence-electron chi connectivity index (χ4n) is 8.05. The van der Waals surface area contributed by atoms with Gasteiger partial charge in [0.2, 0.25) is 0 Å². The molecule has 0 aliphatic heterocycles. The average molecular weight is 719 g/mol. The summed E-state index contributed by atoms with van der Waals surface area (Å²) < 4.78 is 6.52. The van der Waals surface area contributed by atoms with Crippen LogP contribution in [0.25, 0.3) is 34.4 Å². The Morgan fingerprint density at radius 3 is 1.16 bits per heavy atom. The molecule has 0 heterocycles. The van der Waals surface area contributed by atoms with Gasteiger partial charge < -0.3 is 0 Å². The third-order valence-electron chi connectivity index (χ3n) is 9.92. The van der Waals surface area contributed by atoms with E-state index in [0.717, 1.165) is 0 Å². The van der Waals surface area contributed by atoms with E-state index in [0.29, 0.717) is 7.25 Å². The first-order chi connectivity index (χ1) is 19.7. The van der Waals surface area contributed by atoms with Crippen LogP contribution in [0, 0.1) is 10.8 Å². The van der Waals surface area contributed by atoms with Gasteiger partial charge in [-0.3, -0.25) is 0 Å². The summed E-state index contributed by atoms with van der Waals surface area (Å²) >= 11 is -3.79. The van der Waals surface area contributed by atoms with Crippen molar-refractivity contribution in [3.05, 3.63) is 130 Å². The molecule has 0 nitrogen and oxygen atoms in total. The maximum atomic E-state index is 2.78. The third kappa shape index (κ3) is 5.86. The van der Waals surface area contributed by atoms with Gasteiger partial charge in [-0.2, -0.15) is 0 Å². The minimum atomic E-state index is -3.79. The van der Waals surface area contributed by atoms with Gasteiger partial charge in [0.05, 0.1) is 0 Å². The van der Waals surface area contributed by atoms with Crippen LogP contribution in [0.4, 0.5) is 0 Å². The van der Waals surface area contributed by atoms with Crippen LogP contribution in [0.15, 0.2) is 108 Å². The van der Waals surface area contributed by atoms with Gasteiger partial charge in [-0.05, 0) is 0 Å². The first-order valence-corrected chi connectivity index (χ1v) is 29.2. The molecule has 4 aromatic rings. The topological polar surface area (TPSA) is 0 Å². The minimum absolute atomic E-state index is 0. The molecule has 4 aromatic carbocycles. The SMILES string of the molecule is CC(C)(C)C1=Cc2c(-c3ccccc3)cccc2[CH]1[Zr]([CH3])([CH3])(=[SiH2])[CH]1C(C(C)(C)C)=Cc2c(-c3ccccc3)cccc21.Cl.Cl. The second kappa shape index (κ2) is 12.0. The van der Waals surface area contributed by atoms with E-state index < -0.39 is 17.4 Å². The van der Waals surface area contributed by atoms with Crippen molar-refractivity contribution in [2.24, 2.45) is 10.8 Å². The van der Waals surface area contributed by atoms with Gasteiger partial charge >= 0.3 is 258 Å². The monoisotopic (exact) mass is 716 g/mol. The molecule has 0 radical (unpaired) electrons. The van der Waals surface area contributed by atoms with Crippen LogP contribution >= 0.6 is 24.8 Å². The van der Waals surface area contributed by atoms with Crippen LogP contribution in [0.1, 0.15) is 71.0 Å². The number of rotatable bonds is 4. The van der Waals surface area contributed by atoms with Crippen molar-refractivity contribution < 1.29 is 17.4 Å². The molecule has 44 heavy (non-hydrogen) atoms. The smallest absolute Gasteiger partial charge is 0.147 e.